The largest absolute Gasteiger partial charge is 0.384 e. The van der Waals surface area contributed by atoms with Gasteiger partial charge in [-0.3, -0.25) is 0 Å². The second-order valence-corrected chi connectivity index (χ2v) is 7.32. The Morgan fingerprint density at radius 3 is 2.35 bits per heavy atom. The molecule has 20 heavy (non-hydrogen) atoms. The molecule has 0 bridgehead atoms. The summed E-state index contributed by atoms with van der Waals surface area (Å²) in [5.74, 6) is 0. The van der Waals surface area contributed by atoms with Crippen LogP contribution in [0.25, 0.3) is 0 Å². The zero-order valence-corrected chi connectivity index (χ0v) is 13.3. The summed E-state index contributed by atoms with van der Waals surface area (Å²) >= 11 is 0. The number of para-hydroxylation sites is 1. The van der Waals surface area contributed by atoms with Gasteiger partial charge in [0.2, 0.25) is 10.0 Å². The van der Waals surface area contributed by atoms with Crippen molar-refractivity contribution in [2.24, 2.45) is 0 Å². The topological polar surface area (TPSA) is 49.4 Å². The Morgan fingerprint density at radius 1 is 1.15 bits per heavy atom. The monoisotopic (exact) mass is 296 g/mol. The lowest BCUT2D eigenvalue weighted by Crippen LogP contribution is -2.45. The average Bonchev–Trinajstić information content (AvgIpc) is 2.80. The maximum Gasteiger partial charge on any atom is 0.211 e. The van der Waals surface area contributed by atoms with Crippen LogP contribution in [0.1, 0.15) is 32.3 Å². The van der Waals surface area contributed by atoms with Gasteiger partial charge in [-0.05, 0) is 24.5 Å². The number of nitrogens with zero attached hydrogens (tertiary/aromatic N) is 1. The molecule has 112 valence electrons. The molecule has 0 aliphatic carbocycles. The minimum Gasteiger partial charge on any atom is -0.384 e. The molecule has 2 aliphatic rings. The van der Waals surface area contributed by atoms with Gasteiger partial charge in [0, 0.05) is 30.7 Å². The number of nitrogens with one attached hydrogen (secondary N) is 1. The van der Waals surface area contributed by atoms with E-state index in [2.05, 4.69) is 23.5 Å². The number of hydrogen-bond donors (Lipinski definition) is 1. The highest BCUT2D eigenvalue weighted by molar-refractivity contribution is 7.88. The van der Waals surface area contributed by atoms with E-state index in [4.69, 9.17) is 0 Å². The second kappa shape index (κ2) is 5.74. The van der Waals surface area contributed by atoms with Crippen molar-refractivity contribution in [2.75, 3.05) is 31.2 Å². The summed E-state index contributed by atoms with van der Waals surface area (Å²) in [6.45, 7) is 6.20. The smallest absolute Gasteiger partial charge is 0.211 e. The average molecular weight is 296 g/mol. The molecule has 0 unspecified atom stereocenters. The molecule has 0 atom stereocenters. The molecule has 1 saturated heterocycles. The van der Waals surface area contributed by atoms with Crippen molar-refractivity contribution in [2.45, 2.75) is 32.1 Å². The predicted molar refractivity (Wildman–Crippen MR) is 83.6 cm³/mol. The van der Waals surface area contributed by atoms with Crippen molar-refractivity contribution in [3.05, 3.63) is 29.8 Å². The summed E-state index contributed by atoms with van der Waals surface area (Å²) in [6, 6.07) is 8.38. The van der Waals surface area contributed by atoms with Crippen molar-refractivity contribution < 1.29 is 8.42 Å². The number of hydrogen-bond acceptors (Lipinski definition) is 3. The Hall–Kier alpha value is -1.07. The quantitative estimate of drug-likeness (QED) is 0.866. The molecule has 2 aliphatic heterocycles. The van der Waals surface area contributed by atoms with Gasteiger partial charge in [-0.15, -0.1) is 0 Å². The zero-order chi connectivity index (χ0) is 14.8. The molecule has 5 heteroatoms. The van der Waals surface area contributed by atoms with E-state index in [9.17, 15) is 8.42 Å². The number of sulfonamides is 1. The molecule has 0 aromatic heterocycles. The molecule has 4 nitrogen and oxygen atoms in total. The van der Waals surface area contributed by atoms with Crippen molar-refractivity contribution in [1.82, 2.24) is 4.31 Å². The first-order valence-corrected chi connectivity index (χ1v) is 9.15. The molecule has 0 saturated carbocycles. The fourth-order valence-electron chi connectivity index (χ4n) is 3.15. The molecular weight excluding hydrogens is 272 g/mol. The lowest BCUT2D eigenvalue weighted by atomic mass is 9.75. The lowest BCUT2D eigenvalue weighted by Gasteiger charge is -2.38. The van der Waals surface area contributed by atoms with Crippen LogP contribution in [0.2, 0.25) is 0 Å². The normalized spacial score (nSPS) is 20.8. The SMILES string of the molecule is CC.CS(=O)(=O)N1CCC2(CC1)CNc1ccccc12. The van der Waals surface area contributed by atoms with Gasteiger partial charge < -0.3 is 5.32 Å². The third kappa shape index (κ3) is 2.69. The molecule has 1 aromatic carbocycles. The molecule has 1 spiro atoms. The number of anilines is 1. The third-order valence-electron chi connectivity index (χ3n) is 4.26. The Bertz CT molecular complexity index is 561. The first kappa shape index (κ1) is 15.3. The number of fused-ring (bicyclic) bond motifs is 2. The Balaban J connectivity index is 0.000000704. The minimum absolute atomic E-state index is 0.137. The molecule has 1 aromatic rings. The van der Waals surface area contributed by atoms with Crippen LogP contribution in [0, 0.1) is 0 Å². The van der Waals surface area contributed by atoms with Crippen LogP contribution in [-0.2, 0) is 15.4 Å². The fourth-order valence-corrected chi connectivity index (χ4v) is 4.00. The summed E-state index contributed by atoms with van der Waals surface area (Å²) in [4.78, 5) is 0. The summed E-state index contributed by atoms with van der Waals surface area (Å²) < 4.78 is 24.7. The van der Waals surface area contributed by atoms with Crippen LogP contribution in [0.4, 0.5) is 5.69 Å². The van der Waals surface area contributed by atoms with Gasteiger partial charge in [0.1, 0.15) is 0 Å². The fraction of sp³-hybridized carbons (Fsp3) is 0.600. The number of piperidine rings is 1. The first-order chi connectivity index (χ1) is 9.51. The highest BCUT2D eigenvalue weighted by atomic mass is 32.2. The van der Waals surface area contributed by atoms with Gasteiger partial charge in [-0.1, -0.05) is 32.0 Å². The Labute approximate surface area is 122 Å². The van der Waals surface area contributed by atoms with Gasteiger partial charge in [-0.2, -0.15) is 0 Å². The maximum absolute atomic E-state index is 11.5. The van der Waals surface area contributed by atoms with Crippen LogP contribution in [0.15, 0.2) is 24.3 Å². The molecule has 0 radical (unpaired) electrons. The lowest BCUT2D eigenvalue weighted by molar-refractivity contribution is 0.250. The minimum atomic E-state index is -3.04. The van der Waals surface area contributed by atoms with Gasteiger partial charge >= 0.3 is 0 Å². The number of rotatable bonds is 1. The molecule has 1 fully saturated rings. The molecular formula is C15H24N2O2S. The molecule has 3 rings (SSSR count). The summed E-state index contributed by atoms with van der Waals surface area (Å²) in [7, 11) is -3.04. The van der Waals surface area contributed by atoms with Crippen LogP contribution in [0.3, 0.4) is 0 Å². The highest BCUT2D eigenvalue weighted by Crippen LogP contribution is 2.43. The van der Waals surface area contributed by atoms with Gasteiger partial charge in [0.25, 0.3) is 0 Å². The number of benzene rings is 1. The molecule has 2 heterocycles. The standard InChI is InChI=1S/C13H18N2O2S.C2H6/c1-18(16,17)15-8-6-13(7-9-15)10-14-12-5-3-2-4-11(12)13;1-2/h2-5,14H,6-10H2,1H3;1-2H3. The van der Waals surface area contributed by atoms with Gasteiger partial charge in [0.15, 0.2) is 0 Å². The van der Waals surface area contributed by atoms with E-state index in [0.29, 0.717) is 13.1 Å². The van der Waals surface area contributed by atoms with E-state index in [1.165, 1.54) is 17.5 Å². The zero-order valence-electron chi connectivity index (χ0n) is 12.5. The van der Waals surface area contributed by atoms with Crippen LogP contribution < -0.4 is 5.32 Å². The van der Waals surface area contributed by atoms with E-state index >= 15 is 0 Å². The van der Waals surface area contributed by atoms with Crippen LogP contribution >= 0.6 is 0 Å². The first-order valence-electron chi connectivity index (χ1n) is 7.30. The van der Waals surface area contributed by atoms with E-state index in [0.717, 1.165) is 19.4 Å². The van der Waals surface area contributed by atoms with E-state index in [1.54, 1.807) is 4.31 Å². The molecule has 1 N–H and O–H groups in total. The highest BCUT2D eigenvalue weighted by Gasteiger charge is 2.42. The van der Waals surface area contributed by atoms with Crippen LogP contribution in [0.5, 0.6) is 0 Å². The predicted octanol–water partition coefficient (Wildman–Crippen LogP) is 2.43. The van der Waals surface area contributed by atoms with Crippen molar-refractivity contribution in [1.29, 1.82) is 0 Å². The van der Waals surface area contributed by atoms with E-state index < -0.39 is 10.0 Å². The van der Waals surface area contributed by atoms with Crippen molar-refractivity contribution in [3.63, 3.8) is 0 Å². The summed E-state index contributed by atoms with van der Waals surface area (Å²) in [5.41, 5.74) is 2.71. The van der Waals surface area contributed by atoms with E-state index in [1.807, 2.05) is 19.9 Å². The Morgan fingerprint density at radius 2 is 1.75 bits per heavy atom. The summed E-state index contributed by atoms with van der Waals surface area (Å²) in [6.07, 6.45) is 3.11. The summed E-state index contributed by atoms with van der Waals surface area (Å²) in [5, 5.41) is 3.45. The Kier molecular flexibility index (Phi) is 4.39. The van der Waals surface area contributed by atoms with Gasteiger partial charge in [-0.25, -0.2) is 12.7 Å². The van der Waals surface area contributed by atoms with Gasteiger partial charge in [0.05, 0.1) is 6.26 Å². The van der Waals surface area contributed by atoms with E-state index in [-0.39, 0.29) is 5.41 Å². The molecule has 0 amide bonds. The second-order valence-electron chi connectivity index (χ2n) is 5.34. The van der Waals surface area contributed by atoms with Crippen molar-refractivity contribution >= 4 is 15.7 Å². The third-order valence-corrected chi connectivity index (χ3v) is 5.57. The maximum atomic E-state index is 11.5. The van der Waals surface area contributed by atoms with Crippen molar-refractivity contribution in [3.8, 4) is 0 Å². The van der Waals surface area contributed by atoms with Crippen LogP contribution in [-0.4, -0.2) is 38.6 Å².